The third-order valence-corrected chi connectivity index (χ3v) is 6.14. The van der Waals surface area contributed by atoms with Crippen LogP contribution in [-0.2, 0) is 11.3 Å². The number of thiophene rings is 1. The minimum atomic E-state index is -0.112. The largest absolute Gasteiger partial charge is 0.378 e. The Morgan fingerprint density at radius 2 is 1.86 bits per heavy atom. The number of halogens is 2. The molecule has 0 bridgehead atoms. The molecule has 3 aromatic rings. The molecule has 1 amide bonds. The molecule has 0 aliphatic carbocycles. The summed E-state index contributed by atoms with van der Waals surface area (Å²) in [6, 6.07) is 13.0. The Kier molecular flexibility index (Phi) is 6.35. The average Bonchev–Trinajstić information content (AvgIpc) is 3.23. The van der Waals surface area contributed by atoms with E-state index in [1.165, 1.54) is 11.3 Å². The van der Waals surface area contributed by atoms with Crippen molar-refractivity contribution >= 4 is 46.3 Å². The molecule has 8 heteroatoms. The van der Waals surface area contributed by atoms with Gasteiger partial charge in [0.25, 0.3) is 5.91 Å². The number of ether oxygens (including phenoxy) is 1. The second kappa shape index (κ2) is 9.13. The maximum absolute atomic E-state index is 12.6. The number of nitrogens with zero attached hydrogens (tertiary/aromatic N) is 2. The number of benzene rings is 1. The first-order valence-electron chi connectivity index (χ1n) is 9.20. The van der Waals surface area contributed by atoms with E-state index in [4.69, 9.17) is 27.9 Å². The highest BCUT2D eigenvalue weighted by Crippen LogP contribution is 2.32. The predicted molar refractivity (Wildman–Crippen MR) is 118 cm³/mol. The molecule has 0 radical (unpaired) electrons. The molecule has 0 spiro atoms. The molecular weight excluding hydrogens is 429 g/mol. The van der Waals surface area contributed by atoms with Gasteiger partial charge in [-0.05, 0) is 53.6 Å². The SMILES string of the molecule is O=C(NCc1ccnc(N2CCOCC2)c1)c1ccc(-c2cc(Cl)cc(Cl)c2)s1. The minimum absolute atomic E-state index is 0.112. The molecular formula is C21H19Cl2N3O2S. The molecule has 1 fully saturated rings. The lowest BCUT2D eigenvalue weighted by Gasteiger charge is -2.28. The number of rotatable bonds is 5. The fourth-order valence-corrected chi connectivity index (χ4v) is 4.55. The normalized spacial score (nSPS) is 14.1. The summed E-state index contributed by atoms with van der Waals surface area (Å²) < 4.78 is 5.39. The van der Waals surface area contributed by atoms with Crippen LogP contribution in [0.15, 0.2) is 48.7 Å². The van der Waals surface area contributed by atoms with Gasteiger partial charge >= 0.3 is 0 Å². The first kappa shape index (κ1) is 20.2. The molecule has 4 rings (SSSR count). The van der Waals surface area contributed by atoms with Crippen LogP contribution < -0.4 is 10.2 Å². The molecule has 5 nitrogen and oxygen atoms in total. The molecule has 2 aromatic heterocycles. The Morgan fingerprint density at radius 1 is 1.10 bits per heavy atom. The van der Waals surface area contributed by atoms with Gasteiger partial charge in [0.2, 0.25) is 0 Å². The molecule has 29 heavy (non-hydrogen) atoms. The number of aromatic nitrogens is 1. The van der Waals surface area contributed by atoms with E-state index in [0.717, 1.165) is 34.9 Å². The van der Waals surface area contributed by atoms with Crippen molar-refractivity contribution in [2.24, 2.45) is 0 Å². The highest BCUT2D eigenvalue weighted by Gasteiger charge is 2.14. The Morgan fingerprint density at radius 3 is 2.62 bits per heavy atom. The van der Waals surface area contributed by atoms with Crippen LogP contribution in [0.3, 0.4) is 0 Å². The third kappa shape index (κ3) is 5.08. The summed E-state index contributed by atoms with van der Waals surface area (Å²) >= 11 is 13.6. The number of nitrogens with one attached hydrogen (secondary N) is 1. The first-order chi connectivity index (χ1) is 14.1. The molecule has 1 saturated heterocycles. The Hall–Kier alpha value is -2.12. The molecule has 0 atom stereocenters. The van der Waals surface area contributed by atoms with Crippen LogP contribution in [0.5, 0.6) is 0 Å². The highest BCUT2D eigenvalue weighted by atomic mass is 35.5. The van der Waals surface area contributed by atoms with Gasteiger partial charge in [-0.15, -0.1) is 11.3 Å². The van der Waals surface area contributed by atoms with Gasteiger partial charge in [-0.25, -0.2) is 4.98 Å². The zero-order chi connectivity index (χ0) is 20.2. The lowest BCUT2D eigenvalue weighted by molar-refractivity contribution is 0.0955. The Balaban J connectivity index is 1.41. The van der Waals surface area contributed by atoms with Gasteiger partial charge in [0.1, 0.15) is 5.82 Å². The van der Waals surface area contributed by atoms with Crippen LogP contribution in [0.2, 0.25) is 10.0 Å². The second-order valence-corrected chi connectivity index (χ2v) is 8.58. The Labute approximate surface area is 183 Å². The standard InChI is InChI=1S/C21H19Cl2N3O2S/c22-16-10-15(11-17(23)12-16)18-1-2-19(29-18)21(27)25-13-14-3-4-24-20(9-14)26-5-7-28-8-6-26/h1-4,9-12H,5-8,13H2,(H,25,27). The lowest BCUT2D eigenvalue weighted by atomic mass is 10.2. The number of hydrogen-bond donors (Lipinski definition) is 1. The van der Waals surface area contributed by atoms with Crippen molar-refractivity contribution in [1.82, 2.24) is 10.3 Å². The van der Waals surface area contributed by atoms with Crippen molar-refractivity contribution in [2.75, 3.05) is 31.2 Å². The van der Waals surface area contributed by atoms with Gasteiger partial charge < -0.3 is 15.0 Å². The molecule has 0 unspecified atom stereocenters. The summed E-state index contributed by atoms with van der Waals surface area (Å²) in [5.74, 6) is 0.801. The maximum Gasteiger partial charge on any atom is 0.261 e. The van der Waals surface area contributed by atoms with Gasteiger partial charge in [0, 0.05) is 40.8 Å². The molecule has 3 heterocycles. The van der Waals surface area contributed by atoms with Gasteiger partial charge in [0.15, 0.2) is 0 Å². The smallest absolute Gasteiger partial charge is 0.261 e. The van der Waals surface area contributed by atoms with Gasteiger partial charge in [-0.1, -0.05) is 23.2 Å². The van der Waals surface area contributed by atoms with Crippen LogP contribution in [0, 0.1) is 0 Å². The van der Waals surface area contributed by atoms with Crippen LogP contribution in [0.25, 0.3) is 10.4 Å². The number of amides is 1. The first-order valence-corrected chi connectivity index (χ1v) is 10.8. The minimum Gasteiger partial charge on any atom is -0.378 e. The summed E-state index contributed by atoms with van der Waals surface area (Å²) in [7, 11) is 0. The average molecular weight is 448 g/mol. The van der Waals surface area contributed by atoms with E-state index >= 15 is 0 Å². The van der Waals surface area contributed by atoms with E-state index in [2.05, 4.69) is 15.2 Å². The fourth-order valence-electron chi connectivity index (χ4n) is 3.12. The van der Waals surface area contributed by atoms with E-state index in [0.29, 0.717) is 34.7 Å². The van der Waals surface area contributed by atoms with Gasteiger partial charge in [0.05, 0.1) is 18.1 Å². The van der Waals surface area contributed by atoms with E-state index in [-0.39, 0.29) is 5.91 Å². The molecule has 1 aliphatic heterocycles. The van der Waals surface area contributed by atoms with Gasteiger partial charge in [-0.2, -0.15) is 0 Å². The van der Waals surface area contributed by atoms with Crippen molar-refractivity contribution in [3.63, 3.8) is 0 Å². The van der Waals surface area contributed by atoms with Crippen molar-refractivity contribution in [3.8, 4) is 10.4 Å². The Bertz CT molecular complexity index is 998. The van der Waals surface area contributed by atoms with Crippen LogP contribution >= 0.6 is 34.5 Å². The molecule has 0 saturated carbocycles. The summed E-state index contributed by atoms with van der Waals surface area (Å²) in [5, 5.41) is 4.12. The topological polar surface area (TPSA) is 54.5 Å². The van der Waals surface area contributed by atoms with E-state index in [9.17, 15) is 4.79 Å². The van der Waals surface area contributed by atoms with Crippen LogP contribution in [0.1, 0.15) is 15.2 Å². The molecule has 150 valence electrons. The van der Waals surface area contributed by atoms with Gasteiger partial charge in [-0.3, -0.25) is 4.79 Å². The maximum atomic E-state index is 12.6. The zero-order valence-electron chi connectivity index (χ0n) is 15.5. The third-order valence-electron chi connectivity index (χ3n) is 4.57. The highest BCUT2D eigenvalue weighted by molar-refractivity contribution is 7.17. The predicted octanol–water partition coefficient (Wildman–Crippen LogP) is 4.88. The van der Waals surface area contributed by atoms with E-state index in [1.807, 2.05) is 36.4 Å². The molecule has 1 aliphatic rings. The second-order valence-electron chi connectivity index (χ2n) is 6.63. The number of carbonyl (C=O) groups is 1. The number of carbonyl (C=O) groups excluding carboxylic acids is 1. The number of hydrogen-bond acceptors (Lipinski definition) is 5. The zero-order valence-corrected chi connectivity index (χ0v) is 17.9. The number of anilines is 1. The molecule has 1 N–H and O–H groups in total. The van der Waals surface area contributed by atoms with E-state index < -0.39 is 0 Å². The fraction of sp³-hybridized carbons (Fsp3) is 0.238. The van der Waals surface area contributed by atoms with E-state index in [1.54, 1.807) is 12.3 Å². The number of pyridine rings is 1. The van der Waals surface area contributed by atoms with Crippen LogP contribution in [-0.4, -0.2) is 37.2 Å². The van der Waals surface area contributed by atoms with Crippen molar-refractivity contribution in [1.29, 1.82) is 0 Å². The summed E-state index contributed by atoms with van der Waals surface area (Å²) in [6.07, 6.45) is 1.78. The van der Waals surface area contributed by atoms with Crippen molar-refractivity contribution in [3.05, 3.63) is 69.1 Å². The quantitative estimate of drug-likeness (QED) is 0.605. The monoisotopic (exact) mass is 447 g/mol. The lowest BCUT2D eigenvalue weighted by Crippen LogP contribution is -2.36. The number of morpholine rings is 1. The molecule has 1 aromatic carbocycles. The summed E-state index contributed by atoms with van der Waals surface area (Å²) in [6.45, 7) is 3.51. The van der Waals surface area contributed by atoms with Crippen LogP contribution in [0.4, 0.5) is 5.82 Å². The summed E-state index contributed by atoms with van der Waals surface area (Å²) in [5.41, 5.74) is 1.91. The van der Waals surface area contributed by atoms with Crippen molar-refractivity contribution < 1.29 is 9.53 Å². The van der Waals surface area contributed by atoms with Crippen molar-refractivity contribution in [2.45, 2.75) is 6.54 Å². The summed E-state index contributed by atoms with van der Waals surface area (Å²) in [4.78, 5) is 20.8.